The molecule has 4 heteroatoms. The lowest BCUT2D eigenvalue weighted by Gasteiger charge is -2.33. The number of benzene rings is 1. The van der Waals surface area contributed by atoms with Gasteiger partial charge in [0.2, 0.25) is 0 Å². The molecule has 0 aliphatic carbocycles. The maximum absolute atomic E-state index is 9.83. The number of aromatic nitrogens is 2. The Morgan fingerprint density at radius 1 is 1.12 bits per heavy atom. The van der Waals surface area contributed by atoms with E-state index in [9.17, 15) is 5.11 Å². The van der Waals surface area contributed by atoms with Gasteiger partial charge < -0.3 is 10.4 Å². The molecule has 24 heavy (non-hydrogen) atoms. The summed E-state index contributed by atoms with van der Waals surface area (Å²) in [6.45, 7) is 11.2. The Morgan fingerprint density at radius 2 is 1.79 bits per heavy atom. The second-order valence-electron chi connectivity index (χ2n) is 7.40. The van der Waals surface area contributed by atoms with Crippen LogP contribution in [-0.2, 0) is 0 Å². The summed E-state index contributed by atoms with van der Waals surface area (Å²) >= 11 is 0. The average Bonchev–Trinajstić information content (AvgIpc) is 2.55. The molecular formula is C20H29N3O. The van der Waals surface area contributed by atoms with Crippen LogP contribution in [0.4, 0.5) is 5.82 Å². The van der Waals surface area contributed by atoms with Crippen LogP contribution >= 0.6 is 0 Å². The van der Waals surface area contributed by atoms with Crippen molar-refractivity contribution >= 4 is 5.82 Å². The van der Waals surface area contributed by atoms with Crippen molar-refractivity contribution in [3.63, 3.8) is 0 Å². The summed E-state index contributed by atoms with van der Waals surface area (Å²) in [6.07, 6.45) is 0. The molecule has 1 aromatic carbocycles. The van der Waals surface area contributed by atoms with Gasteiger partial charge in [-0.05, 0) is 17.9 Å². The minimum atomic E-state index is -0.225. The van der Waals surface area contributed by atoms with Crippen LogP contribution < -0.4 is 5.32 Å². The number of hydrogen-bond acceptors (Lipinski definition) is 4. The first kappa shape index (κ1) is 18.4. The summed E-state index contributed by atoms with van der Waals surface area (Å²) in [6, 6.07) is 12.3. The number of aryl methyl sites for hydroxylation is 1. The largest absolute Gasteiger partial charge is 0.396 e. The van der Waals surface area contributed by atoms with Crippen molar-refractivity contribution in [3.8, 4) is 0 Å². The predicted molar refractivity (Wildman–Crippen MR) is 99.4 cm³/mol. The number of nitrogens with zero attached hydrogens (tertiary/aromatic N) is 2. The molecule has 1 unspecified atom stereocenters. The molecule has 1 aromatic heterocycles. The van der Waals surface area contributed by atoms with Gasteiger partial charge in [0.1, 0.15) is 11.6 Å². The van der Waals surface area contributed by atoms with E-state index >= 15 is 0 Å². The van der Waals surface area contributed by atoms with E-state index in [0.717, 1.165) is 17.3 Å². The molecule has 0 aliphatic heterocycles. The van der Waals surface area contributed by atoms with Crippen molar-refractivity contribution in [2.75, 3.05) is 18.5 Å². The molecule has 4 nitrogen and oxygen atoms in total. The van der Waals surface area contributed by atoms with Crippen LogP contribution in [0.3, 0.4) is 0 Å². The van der Waals surface area contributed by atoms with Crippen LogP contribution in [0, 0.1) is 12.3 Å². The van der Waals surface area contributed by atoms with Crippen LogP contribution in [0.2, 0.25) is 0 Å². The third-order valence-electron chi connectivity index (χ3n) is 4.43. The number of aliphatic hydroxyl groups excluding tert-OH is 1. The number of rotatable bonds is 7. The minimum absolute atomic E-state index is 0.133. The second-order valence-corrected chi connectivity index (χ2v) is 7.40. The Bertz CT molecular complexity index is 653. The molecular weight excluding hydrogens is 298 g/mol. The molecule has 0 amide bonds. The zero-order valence-corrected chi connectivity index (χ0v) is 15.4. The van der Waals surface area contributed by atoms with Gasteiger partial charge in [-0.1, -0.05) is 58.0 Å². The Hall–Kier alpha value is -1.94. The Balaban J connectivity index is 2.23. The van der Waals surface area contributed by atoms with E-state index in [1.54, 1.807) is 0 Å². The van der Waals surface area contributed by atoms with Crippen LogP contribution in [0.5, 0.6) is 0 Å². The van der Waals surface area contributed by atoms with Gasteiger partial charge in [0.15, 0.2) is 0 Å². The van der Waals surface area contributed by atoms with E-state index in [4.69, 9.17) is 0 Å². The number of hydrogen-bond donors (Lipinski definition) is 2. The first-order chi connectivity index (χ1) is 11.3. The topological polar surface area (TPSA) is 58.0 Å². The monoisotopic (exact) mass is 327 g/mol. The van der Waals surface area contributed by atoms with Crippen molar-refractivity contribution in [2.45, 2.75) is 46.5 Å². The van der Waals surface area contributed by atoms with Gasteiger partial charge >= 0.3 is 0 Å². The van der Waals surface area contributed by atoms with Gasteiger partial charge in [0, 0.05) is 36.7 Å². The first-order valence-corrected chi connectivity index (χ1v) is 8.58. The van der Waals surface area contributed by atoms with Gasteiger partial charge in [0.05, 0.1) is 0 Å². The molecule has 0 fully saturated rings. The van der Waals surface area contributed by atoms with E-state index in [-0.39, 0.29) is 17.9 Å². The Morgan fingerprint density at radius 3 is 2.38 bits per heavy atom. The fourth-order valence-corrected chi connectivity index (χ4v) is 2.79. The third-order valence-corrected chi connectivity index (χ3v) is 4.43. The van der Waals surface area contributed by atoms with Gasteiger partial charge in [-0.3, -0.25) is 0 Å². The predicted octanol–water partition coefficient (Wildman–Crippen LogP) is 4.12. The van der Waals surface area contributed by atoms with Crippen molar-refractivity contribution in [2.24, 2.45) is 5.41 Å². The lowest BCUT2D eigenvalue weighted by molar-refractivity contribution is 0.134. The summed E-state index contributed by atoms with van der Waals surface area (Å²) < 4.78 is 0. The lowest BCUT2D eigenvalue weighted by Crippen LogP contribution is -2.31. The van der Waals surface area contributed by atoms with Gasteiger partial charge in [-0.15, -0.1) is 0 Å². The van der Waals surface area contributed by atoms with Crippen molar-refractivity contribution < 1.29 is 5.11 Å². The number of anilines is 1. The van der Waals surface area contributed by atoms with Gasteiger partial charge in [-0.25, -0.2) is 9.97 Å². The van der Waals surface area contributed by atoms with Crippen molar-refractivity contribution in [3.05, 3.63) is 53.5 Å². The van der Waals surface area contributed by atoms with Crippen molar-refractivity contribution in [1.82, 2.24) is 9.97 Å². The van der Waals surface area contributed by atoms with Crippen LogP contribution in [-0.4, -0.2) is 28.2 Å². The van der Waals surface area contributed by atoms with Crippen LogP contribution in [0.1, 0.15) is 56.6 Å². The number of nitrogens with one attached hydrogen (secondary N) is 1. The third kappa shape index (κ3) is 4.54. The fourth-order valence-electron chi connectivity index (χ4n) is 2.79. The summed E-state index contributed by atoms with van der Waals surface area (Å²) in [5, 5.41) is 13.3. The average molecular weight is 327 g/mol. The molecule has 0 spiro atoms. The highest BCUT2D eigenvalue weighted by atomic mass is 16.3. The molecule has 0 saturated heterocycles. The zero-order chi connectivity index (χ0) is 17.7. The maximum Gasteiger partial charge on any atom is 0.133 e. The molecule has 2 rings (SSSR count). The second kappa shape index (κ2) is 7.75. The standard InChI is InChI=1S/C20H29N3O/c1-14(2)19-22-15(3)11-18(23-19)21-12-17(20(4,5)13-24)16-9-7-6-8-10-16/h6-11,14,17,24H,12-13H2,1-5H3,(H,21,22,23). The lowest BCUT2D eigenvalue weighted by atomic mass is 9.75. The molecule has 2 N–H and O–H groups in total. The Kier molecular flexibility index (Phi) is 5.94. The van der Waals surface area contributed by atoms with E-state index in [1.807, 2.05) is 31.2 Å². The summed E-state index contributed by atoms with van der Waals surface area (Å²) in [5.74, 6) is 2.18. The van der Waals surface area contributed by atoms with E-state index in [1.165, 1.54) is 5.56 Å². The van der Waals surface area contributed by atoms with E-state index in [2.05, 4.69) is 55.1 Å². The summed E-state index contributed by atoms with van der Waals surface area (Å²) in [5.41, 5.74) is 1.96. The first-order valence-electron chi connectivity index (χ1n) is 8.58. The SMILES string of the molecule is Cc1cc(NCC(c2ccccc2)C(C)(C)CO)nc(C(C)C)n1. The van der Waals surface area contributed by atoms with E-state index < -0.39 is 0 Å². The quantitative estimate of drug-likeness (QED) is 0.803. The number of aliphatic hydroxyl groups is 1. The van der Waals surface area contributed by atoms with Gasteiger partial charge in [0.25, 0.3) is 0 Å². The highest BCUT2D eigenvalue weighted by Gasteiger charge is 2.30. The molecule has 0 bridgehead atoms. The summed E-state index contributed by atoms with van der Waals surface area (Å²) in [7, 11) is 0. The molecule has 0 aliphatic rings. The smallest absolute Gasteiger partial charge is 0.133 e. The molecule has 1 atom stereocenters. The zero-order valence-electron chi connectivity index (χ0n) is 15.4. The highest BCUT2D eigenvalue weighted by molar-refractivity contribution is 5.37. The van der Waals surface area contributed by atoms with Crippen LogP contribution in [0.25, 0.3) is 0 Å². The molecule has 0 radical (unpaired) electrons. The van der Waals surface area contributed by atoms with E-state index in [0.29, 0.717) is 12.5 Å². The normalized spacial score (nSPS) is 13.1. The molecule has 0 saturated carbocycles. The summed E-state index contributed by atoms with van der Waals surface area (Å²) in [4.78, 5) is 9.11. The molecule has 2 aromatic rings. The fraction of sp³-hybridized carbons (Fsp3) is 0.500. The Labute approximate surface area is 145 Å². The maximum atomic E-state index is 9.83. The van der Waals surface area contributed by atoms with Gasteiger partial charge in [-0.2, -0.15) is 0 Å². The highest BCUT2D eigenvalue weighted by Crippen LogP contribution is 2.35. The molecule has 130 valence electrons. The van der Waals surface area contributed by atoms with Crippen molar-refractivity contribution in [1.29, 1.82) is 0 Å². The minimum Gasteiger partial charge on any atom is -0.396 e. The molecule has 1 heterocycles. The van der Waals surface area contributed by atoms with Crippen LogP contribution in [0.15, 0.2) is 36.4 Å².